The number of para-hydroxylation sites is 1. The zero-order chi connectivity index (χ0) is 14.8. The van der Waals surface area contributed by atoms with Crippen molar-refractivity contribution in [3.8, 4) is 0 Å². The Balaban J connectivity index is 2.21. The van der Waals surface area contributed by atoms with E-state index in [1.165, 1.54) is 38.5 Å². The molecule has 0 unspecified atom stereocenters. The zero-order valence-corrected chi connectivity index (χ0v) is 13.3. The van der Waals surface area contributed by atoms with Gasteiger partial charge >= 0.3 is 0 Å². The van der Waals surface area contributed by atoms with E-state index >= 15 is 0 Å². The van der Waals surface area contributed by atoms with E-state index in [1.807, 2.05) is 32.0 Å². The average molecular weight is 275 g/mol. The molecule has 0 saturated heterocycles. The summed E-state index contributed by atoms with van der Waals surface area (Å²) in [5.41, 5.74) is 3.26. The van der Waals surface area contributed by atoms with Crippen LogP contribution in [-0.4, -0.2) is 5.91 Å². The highest BCUT2D eigenvalue weighted by Crippen LogP contribution is 2.20. The lowest BCUT2D eigenvalue weighted by Gasteiger charge is -2.11. The highest BCUT2D eigenvalue weighted by molar-refractivity contribution is 5.92. The van der Waals surface area contributed by atoms with Gasteiger partial charge in [0.05, 0.1) is 0 Å². The SMILES string of the molecule is CCCCCCCCCC(=O)Nc1c(C)cccc1C. The molecule has 0 spiro atoms. The van der Waals surface area contributed by atoms with Crippen molar-refractivity contribution in [2.24, 2.45) is 0 Å². The Morgan fingerprint density at radius 2 is 1.50 bits per heavy atom. The van der Waals surface area contributed by atoms with Gasteiger partial charge in [0.15, 0.2) is 0 Å². The summed E-state index contributed by atoms with van der Waals surface area (Å²) in [6.07, 6.45) is 9.35. The Morgan fingerprint density at radius 1 is 0.950 bits per heavy atom. The molecular weight excluding hydrogens is 246 g/mol. The van der Waals surface area contributed by atoms with Crippen LogP contribution in [0, 0.1) is 13.8 Å². The number of nitrogens with one attached hydrogen (secondary N) is 1. The number of rotatable bonds is 9. The van der Waals surface area contributed by atoms with E-state index < -0.39 is 0 Å². The molecule has 1 rings (SSSR count). The second-order valence-corrected chi connectivity index (χ2v) is 5.69. The van der Waals surface area contributed by atoms with Gasteiger partial charge in [-0.15, -0.1) is 0 Å². The summed E-state index contributed by atoms with van der Waals surface area (Å²) >= 11 is 0. The molecule has 0 aliphatic rings. The van der Waals surface area contributed by atoms with Gasteiger partial charge in [0.25, 0.3) is 0 Å². The molecular formula is C18H29NO. The summed E-state index contributed by atoms with van der Waals surface area (Å²) in [7, 11) is 0. The molecule has 20 heavy (non-hydrogen) atoms. The molecule has 0 aliphatic carbocycles. The van der Waals surface area contributed by atoms with Crippen LogP contribution in [0.25, 0.3) is 0 Å². The second-order valence-electron chi connectivity index (χ2n) is 5.69. The van der Waals surface area contributed by atoms with Crippen molar-refractivity contribution in [2.75, 3.05) is 5.32 Å². The third kappa shape index (κ3) is 6.23. The van der Waals surface area contributed by atoms with Crippen LogP contribution in [0.2, 0.25) is 0 Å². The maximum atomic E-state index is 11.9. The van der Waals surface area contributed by atoms with E-state index in [0.29, 0.717) is 6.42 Å². The Kier molecular flexibility index (Phi) is 8.01. The molecule has 2 heteroatoms. The molecule has 1 aromatic rings. The van der Waals surface area contributed by atoms with Crippen molar-refractivity contribution in [1.29, 1.82) is 0 Å². The third-order valence-electron chi connectivity index (χ3n) is 3.75. The average Bonchev–Trinajstić information content (AvgIpc) is 2.42. The molecule has 0 radical (unpaired) electrons. The number of aryl methyl sites for hydroxylation is 2. The number of carbonyl (C=O) groups is 1. The summed E-state index contributed by atoms with van der Waals surface area (Å²) < 4.78 is 0. The van der Waals surface area contributed by atoms with Gasteiger partial charge in [0, 0.05) is 12.1 Å². The predicted octanol–water partition coefficient (Wildman–Crippen LogP) is 5.38. The molecule has 1 amide bonds. The number of hydrogen-bond acceptors (Lipinski definition) is 1. The van der Waals surface area contributed by atoms with Crippen LogP contribution < -0.4 is 5.32 Å². The fourth-order valence-electron chi connectivity index (χ4n) is 2.46. The second kappa shape index (κ2) is 9.57. The van der Waals surface area contributed by atoms with Gasteiger partial charge in [-0.2, -0.15) is 0 Å². The van der Waals surface area contributed by atoms with E-state index in [-0.39, 0.29) is 5.91 Å². The highest BCUT2D eigenvalue weighted by atomic mass is 16.1. The van der Waals surface area contributed by atoms with Crippen LogP contribution >= 0.6 is 0 Å². The molecule has 1 N–H and O–H groups in total. The Morgan fingerprint density at radius 3 is 2.10 bits per heavy atom. The largest absolute Gasteiger partial charge is 0.326 e. The van der Waals surface area contributed by atoms with E-state index in [2.05, 4.69) is 12.2 Å². The number of anilines is 1. The molecule has 112 valence electrons. The fourth-order valence-corrected chi connectivity index (χ4v) is 2.46. The van der Waals surface area contributed by atoms with Crippen LogP contribution in [0.3, 0.4) is 0 Å². The smallest absolute Gasteiger partial charge is 0.224 e. The molecule has 1 aromatic carbocycles. The summed E-state index contributed by atoms with van der Waals surface area (Å²) in [5, 5.41) is 3.05. The van der Waals surface area contributed by atoms with E-state index in [4.69, 9.17) is 0 Å². The normalized spacial score (nSPS) is 10.6. The predicted molar refractivity (Wildman–Crippen MR) is 87.2 cm³/mol. The molecule has 0 heterocycles. The van der Waals surface area contributed by atoms with E-state index in [9.17, 15) is 4.79 Å². The number of hydrogen-bond donors (Lipinski definition) is 1. The Labute approximate surface area is 124 Å². The first-order valence-electron chi connectivity index (χ1n) is 8.01. The van der Waals surface area contributed by atoms with Gasteiger partial charge in [-0.25, -0.2) is 0 Å². The maximum Gasteiger partial charge on any atom is 0.224 e. The molecule has 0 saturated carbocycles. The Hall–Kier alpha value is -1.31. The van der Waals surface area contributed by atoms with Crippen LogP contribution in [0.1, 0.15) is 69.4 Å². The molecule has 0 atom stereocenters. The lowest BCUT2D eigenvalue weighted by molar-refractivity contribution is -0.116. The first kappa shape index (κ1) is 16.7. The van der Waals surface area contributed by atoms with Gasteiger partial charge in [-0.05, 0) is 31.4 Å². The minimum Gasteiger partial charge on any atom is -0.326 e. The molecule has 0 aromatic heterocycles. The number of benzene rings is 1. The van der Waals surface area contributed by atoms with Crippen molar-refractivity contribution < 1.29 is 4.79 Å². The molecule has 0 fully saturated rings. The minimum absolute atomic E-state index is 0.149. The summed E-state index contributed by atoms with van der Waals surface area (Å²) in [6.45, 7) is 6.31. The number of amides is 1. The topological polar surface area (TPSA) is 29.1 Å². The standard InChI is InChI=1S/C18H29NO/c1-4-5-6-7-8-9-10-14-17(20)19-18-15(2)12-11-13-16(18)3/h11-13H,4-10,14H2,1-3H3,(H,19,20). The first-order chi connectivity index (χ1) is 9.65. The monoisotopic (exact) mass is 275 g/mol. The van der Waals surface area contributed by atoms with Gasteiger partial charge in [0.2, 0.25) is 5.91 Å². The third-order valence-corrected chi connectivity index (χ3v) is 3.75. The summed E-state index contributed by atoms with van der Waals surface area (Å²) in [4.78, 5) is 11.9. The van der Waals surface area contributed by atoms with Crippen molar-refractivity contribution in [3.63, 3.8) is 0 Å². The van der Waals surface area contributed by atoms with Gasteiger partial charge < -0.3 is 5.32 Å². The fraction of sp³-hybridized carbons (Fsp3) is 0.611. The van der Waals surface area contributed by atoms with Crippen LogP contribution in [0.4, 0.5) is 5.69 Å². The molecule has 0 aliphatic heterocycles. The van der Waals surface area contributed by atoms with Gasteiger partial charge in [0.1, 0.15) is 0 Å². The number of unbranched alkanes of at least 4 members (excludes halogenated alkanes) is 6. The van der Waals surface area contributed by atoms with Crippen molar-refractivity contribution in [1.82, 2.24) is 0 Å². The molecule has 0 bridgehead atoms. The quantitative estimate of drug-likeness (QED) is 0.602. The highest BCUT2D eigenvalue weighted by Gasteiger charge is 2.06. The summed E-state index contributed by atoms with van der Waals surface area (Å²) in [6, 6.07) is 6.10. The van der Waals surface area contributed by atoms with Crippen LogP contribution in [0.5, 0.6) is 0 Å². The molecule has 2 nitrogen and oxygen atoms in total. The summed E-state index contributed by atoms with van der Waals surface area (Å²) in [5.74, 6) is 0.149. The number of carbonyl (C=O) groups excluding carboxylic acids is 1. The minimum atomic E-state index is 0.149. The Bertz CT molecular complexity index is 392. The van der Waals surface area contributed by atoms with Crippen molar-refractivity contribution in [3.05, 3.63) is 29.3 Å². The van der Waals surface area contributed by atoms with Gasteiger partial charge in [-0.1, -0.05) is 63.6 Å². The van der Waals surface area contributed by atoms with E-state index in [1.54, 1.807) is 0 Å². The van der Waals surface area contributed by atoms with Crippen LogP contribution in [-0.2, 0) is 4.79 Å². The van der Waals surface area contributed by atoms with Crippen molar-refractivity contribution >= 4 is 11.6 Å². The van der Waals surface area contributed by atoms with Crippen molar-refractivity contribution in [2.45, 2.75) is 72.1 Å². The van der Waals surface area contributed by atoms with E-state index in [0.717, 1.165) is 23.2 Å². The van der Waals surface area contributed by atoms with Gasteiger partial charge in [-0.3, -0.25) is 4.79 Å². The zero-order valence-electron chi connectivity index (χ0n) is 13.3. The lowest BCUT2D eigenvalue weighted by Crippen LogP contribution is -2.13. The van der Waals surface area contributed by atoms with Crippen LogP contribution in [0.15, 0.2) is 18.2 Å². The lowest BCUT2D eigenvalue weighted by atomic mass is 10.1. The first-order valence-corrected chi connectivity index (χ1v) is 8.01. The maximum absolute atomic E-state index is 11.9.